The molecule has 0 spiro atoms. The Morgan fingerprint density at radius 3 is 2.66 bits per heavy atom. The van der Waals surface area contributed by atoms with Gasteiger partial charge in [0.15, 0.2) is 5.82 Å². The van der Waals surface area contributed by atoms with Crippen LogP contribution in [0.1, 0.15) is 42.9 Å². The fraction of sp³-hybridized carbons (Fsp3) is 0.571. The highest BCUT2D eigenvalue weighted by molar-refractivity contribution is 5.75. The number of nitrogens with zero attached hydrogens (tertiary/aromatic N) is 3. The molecule has 1 aromatic carbocycles. The Morgan fingerprint density at radius 1 is 1.28 bits per heavy atom. The Labute approximate surface area is 170 Å². The number of aromatic nitrogens is 3. The highest BCUT2D eigenvalue weighted by atomic mass is 16.6. The first kappa shape index (κ1) is 19.8. The normalized spacial score (nSPS) is 21.2. The van der Waals surface area contributed by atoms with Crippen LogP contribution < -0.4 is 10.5 Å². The van der Waals surface area contributed by atoms with E-state index < -0.39 is 5.91 Å². The zero-order valence-corrected chi connectivity index (χ0v) is 16.8. The first-order valence-corrected chi connectivity index (χ1v) is 10.2. The largest absolute Gasteiger partial charge is 0.497 e. The van der Waals surface area contributed by atoms with Crippen LogP contribution in [0.4, 0.5) is 0 Å². The van der Waals surface area contributed by atoms with Crippen LogP contribution >= 0.6 is 0 Å². The van der Waals surface area contributed by atoms with Crippen molar-refractivity contribution in [2.45, 2.75) is 50.2 Å². The second-order valence-electron chi connectivity index (χ2n) is 7.76. The number of hydrogen-bond acceptors (Lipinski definition) is 6. The van der Waals surface area contributed by atoms with Crippen molar-refractivity contribution in [2.24, 2.45) is 5.73 Å². The van der Waals surface area contributed by atoms with E-state index in [9.17, 15) is 4.79 Å². The molecule has 1 saturated carbocycles. The van der Waals surface area contributed by atoms with Gasteiger partial charge in [0.2, 0.25) is 5.91 Å². The van der Waals surface area contributed by atoms with Gasteiger partial charge in [-0.1, -0.05) is 25.0 Å². The second kappa shape index (κ2) is 8.51. The molecular weight excluding hydrogens is 372 g/mol. The predicted molar refractivity (Wildman–Crippen MR) is 106 cm³/mol. The number of primary amides is 1. The number of amides is 1. The van der Waals surface area contributed by atoms with Crippen LogP contribution in [-0.2, 0) is 32.6 Å². The molecule has 1 aliphatic heterocycles. The average Bonchev–Trinajstić information content (AvgIpc) is 3.36. The zero-order chi connectivity index (χ0) is 20.3. The molecule has 4 rings (SSSR count). The maximum absolute atomic E-state index is 11.5. The third-order valence-corrected chi connectivity index (χ3v) is 5.84. The van der Waals surface area contributed by atoms with Crippen LogP contribution in [-0.4, -0.2) is 53.7 Å². The summed E-state index contributed by atoms with van der Waals surface area (Å²) in [5, 5.41) is 4.64. The molecule has 2 fully saturated rings. The zero-order valence-electron chi connectivity index (χ0n) is 16.8. The molecular formula is C21H28N4O4. The summed E-state index contributed by atoms with van der Waals surface area (Å²) in [6, 6.07) is 8.19. The van der Waals surface area contributed by atoms with Crippen molar-refractivity contribution < 1.29 is 19.0 Å². The number of hydrogen-bond donors (Lipinski definition) is 1. The maximum atomic E-state index is 11.5. The van der Waals surface area contributed by atoms with Gasteiger partial charge in [-0.2, -0.15) is 5.10 Å². The molecule has 2 aromatic rings. The van der Waals surface area contributed by atoms with Gasteiger partial charge < -0.3 is 19.9 Å². The minimum absolute atomic E-state index is 0.0285. The molecule has 1 saturated heterocycles. The third-order valence-electron chi connectivity index (χ3n) is 5.84. The lowest BCUT2D eigenvalue weighted by Crippen LogP contribution is -2.36. The van der Waals surface area contributed by atoms with E-state index in [1.54, 1.807) is 7.11 Å². The maximum Gasteiger partial charge on any atom is 0.225 e. The van der Waals surface area contributed by atoms with Gasteiger partial charge in [-0.3, -0.25) is 4.79 Å². The minimum atomic E-state index is -0.434. The van der Waals surface area contributed by atoms with Gasteiger partial charge in [0, 0.05) is 0 Å². The lowest BCUT2D eigenvalue weighted by molar-refractivity contribution is -0.117. The van der Waals surface area contributed by atoms with Crippen molar-refractivity contribution >= 4 is 5.91 Å². The molecule has 2 aliphatic rings. The summed E-state index contributed by atoms with van der Waals surface area (Å²) in [5.41, 5.74) is 6.36. The van der Waals surface area contributed by atoms with Crippen molar-refractivity contribution in [1.29, 1.82) is 0 Å². The molecule has 29 heavy (non-hydrogen) atoms. The summed E-state index contributed by atoms with van der Waals surface area (Å²) in [6.07, 6.45) is 4.15. The molecule has 1 aliphatic carbocycles. The van der Waals surface area contributed by atoms with Crippen molar-refractivity contribution in [1.82, 2.24) is 14.8 Å². The monoisotopic (exact) mass is 400 g/mol. The lowest BCUT2D eigenvalue weighted by Gasteiger charge is -2.30. The number of nitrogens with two attached hydrogens (primary N) is 1. The van der Waals surface area contributed by atoms with E-state index in [1.165, 1.54) is 5.56 Å². The van der Waals surface area contributed by atoms with Crippen LogP contribution in [0.5, 0.6) is 5.75 Å². The van der Waals surface area contributed by atoms with Gasteiger partial charge >= 0.3 is 0 Å². The van der Waals surface area contributed by atoms with Crippen LogP contribution in [0.15, 0.2) is 24.3 Å². The summed E-state index contributed by atoms with van der Waals surface area (Å²) < 4.78 is 18.6. The summed E-state index contributed by atoms with van der Waals surface area (Å²) in [6.45, 7) is 2.26. The smallest absolute Gasteiger partial charge is 0.225 e. The fourth-order valence-electron chi connectivity index (χ4n) is 4.47. The number of benzene rings is 1. The van der Waals surface area contributed by atoms with E-state index >= 15 is 0 Å². The first-order chi connectivity index (χ1) is 14.1. The molecule has 0 radical (unpaired) electrons. The van der Waals surface area contributed by atoms with Crippen molar-refractivity contribution in [3.8, 4) is 5.75 Å². The van der Waals surface area contributed by atoms with E-state index in [4.69, 9.17) is 24.9 Å². The third kappa shape index (κ3) is 4.13. The summed E-state index contributed by atoms with van der Waals surface area (Å²) >= 11 is 0. The Hall–Kier alpha value is -2.45. The summed E-state index contributed by atoms with van der Waals surface area (Å²) in [7, 11) is 1.67. The molecule has 2 N–H and O–H groups in total. The SMILES string of the molecule is COc1ccc(C2(c3nc(CC(N)=O)nn3C[C@@H]3COCCO3)CCCC2)cc1. The topological polar surface area (TPSA) is 101 Å². The van der Waals surface area contributed by atoms with E-state index in [0.717, 1.165) is 37.3 Å². The van der Waals surface area contributed by atoms with Crippen LogP contribution in [0.25, 0.3) is 0 Å². The van der Waals surface area contributed by atoms with E-state index in [0.29, 0.717) is 32.2 Å². The molecule has 156 valence electrons. The number of carbonyl (C=O) groups excluding carboxylic acids is 1. The minimum Gasteiger partial charge on any atom is -0.497 e. The molecule has 8 heteroatoms. The van der Waals surface area contributed by atoms with Crippen molar-refractivity contribution in [3.63, 3.8) is 0 Å². The Bertz CT molecular complexity index is 837. The molecule has 8 nitrogen and oxygen atoms in total. The van der Waals surface area contributed by atoms with Crippen LogP contribution in [0.3, 0.4) is 0 Å². The first-order valence-electron chi connectivity index (χ1n) is 10.2. The van der Waals surface area contributed by atoms with Gasteiger partial charge in [0.1, 0.15) is 17.7 Å². The van der Waals surface area contributed by atoms with E-state index in [1.807, 2.05) is 16.8 Å². The molecule has 1 amide bonds. The van der Waals surface area contributed by atoms with Crippen LogP contribution in [0, 0.1) is 0 Å². The number of carbonyl (C=O) groups is 1. The Kier molecular flexibility index (Phi) is 5.82. The van der Waals surface area contributed by atoms with Gasteiger partial charge in [-0.15, -0.1) is 0 Å². The average molecular weight is 400 g/mol. The van der Waals surface area contributed by atoms with Crippen molar-refractivity contribution in [3.05, 3.63) is 41.5 Å². The standard InChI is InChI=1S/C21H28N4O4/c1-27-16-6-4-15(5-7-16)21(8-2-3-9-21)20-23-19(12-18(22)26)24-25(20)13-17-14-28-10-11-29-17/h4-7,17H,2-3,8-14H2,1H3,(H2,22,26)/t17-/m1/s1. The Balaban J connectivity index is 1.73. The Morgan fingerprint density at radius 2 is 2.03 bits per heavy atom. The van der Waals surface area contributed by atoms with Gasteiger partial charge in [0.25, 0.3) is 0 Å². The molecule has 0 unspecified atom stereocenters. The van der Waals surface area contributed by atoms with Gasteiger partial charge in [-0.05, 0) is 30.5 Å². The summed E-state index contributed by atoms with van der Waals surface area (Å²) in [5.74, 6) is 1.73. The van der Waals surface area contributed by atoms with Gasteiger partial charge in [0.05, 0.1) is 45.3 Å². The molecule has 0 bridgehead atoms. The fourth-order valence-corrected chi connectivity index (χ4v) is 4.47. The highest BCUT2D eigenvalue weighted by Crippen LogP contribution is 2.46. The van der Waals surface area contributed by atoms with E-state index in [2.05, 4.69) is 17.2 Å². The quantitative estimate of drug-likeness (QED) is 0.757. The van der Waals surface area contributed by atoms with E-state index in [-0.39, 0.29) is 17.9 Å². The predicted octanol–water partition coefficient (Wildman–Crippen LogP) is 1.59. The number of methoxy groups -OCH3 is 1. The highest BCUT2D eigenvalue weighted by Gasteiger charge is 2.42. The van der Waals surface area contributed by atoms with Crippen LogP contribution in [0.2, 0.25) is 0 Å². The molecule has 1 aromatic heterocycles. The second-order valence-corrected chi connectivity index (χ2v) is 7.76. The number of rotatable bonds is 7. The van der Waals surface area contributed by atoms with Crippen molar-refractivity contribution in [2.75, 3.05) is 26.9 Å². The van der Waals surface area contributed by atoms with Gasteiger partial charge in [-0.25, -0.2) is 9.67 Å². The molecule has 2 heterocycles. The summed E-state index contributed by atoms with van der Waals surface area (Å²) in [4.78, 5) is 16.3. The molecule has 1 atom stereocenters. The lowest BCUT2D eigenvalue weighted by atomic mass is 9.78. The number of ether oxygens (including phenoxy) is 3.